The summed E-state index contributed by atoms with van der Waals surface area (Å²) >= 11 is 0. The van der Waals surface area contributed by atoms with Gasteiger partial charge in [0.15, 0.2) is 0 Å². The third-order valence-corrected chi connectivity index (χ3v) is 4.07. The summed E-state index contributed by atoms with van der Waals surface area (Å²) in [7, 11) is 1.66. The van der Waals surface area contributed by atoms with Crippen LogP contribution in [0.2, 0.25) is 0 Å². The van der Waals surface area contributed by atoms with E-state index in [2.05, 4.69) is 6.58 Å². The standard InChI is InChI=1S/C18H25NO3/c1-4-5-13-22-14(2)18(20)19-12-6-7-17(19)15-8-10-16(21-3)11-9-15/h4,8-11,14,17H,1,5-7,12-13H2,2-3H3/t14-,17-/m1/s1. The highest BCUT2D eigenvalue weighted by Gasteiger charge is 2.32. The Morgan fingerprint density at radius 1 is 1.45 bits per heavy atom. The lowest BCUT2D eigenvalue weighted by molar-refractivity contribution is -0.143. The normalized spacial score (nSPS) is 19.0. The Morgan fingerprint density at radius 2 is 2.18 bits per heavy atom. The quantitative estimate of drug-likeness (QED) is 0.573. The molecule has 1 heterocycles. The lowest BCUT2D eigenvalue weighted by Gasteiger charge is -2.28. The zero-order valence-electron chi connectivity index (χ0n) is 13.5. The molecule has 120 valence electrons. The first-order chi connectivity index (χ1) is 10.7. The van der Waals surface area contributed by atoms with E-state index in [1.807, 2.05) is 36.1 Å². The zero-order valence-corrected chi connectivity index (χ0v) is 13.5. The topological polar surface area (TPSA) is 38.8 Å². The summed E-state index contributed by atoms with van der Waals surface area (Å²) < 4.78 is 10.8. The van der Waals surface area contributed by atoms with Gasteiger partial charge in [0.25, 0.3) is 5.91 Å². The van der Waals surface area contributed by atoms with Crippen LogP contribution in [0.25, 0.3) is 0 Å². The van der Waals surface area contributed by atoms with E-state index >= 15 is 0 Å². The number of methoxy groups -OCH3 is 1. The maximum absolute atomic E-state index is 12.6. The molecule has 1 aliphatic rings. The number of amides is 1. The first-order valence-electron chi connectivity index (χ1n) is 7.84. The van der Waals surface area contributed by atoms with Crippen LogP contribution >= 0.6 is 0 Å². The summed E-state index contributed by atoms with van der Waals surface area (Å²) in [5, 5.41) is 0. The Labute approximate surface area is 132 Å². The zero-order chi connectivity index (χ0) is 15.9. The highest BCUT2D eigenvalue weighted by Crippen LogP contribution is 2.33. The van der Waals surface area contributed by atoms with Crippen molar-refractivity contribution in [2.45, 2.75) is 38.3 Å². The van der Waals surface area contributed by atoms with Crippen molar-refractivity contribution in [3.63, 3.8) is 0 Å². The van der Waals surface area contributed by atoms with Crippen LogP contribution in [0.1, 0.15) is 37.8 Å². The smallest absolute Gasteiger partial charge is 0.251 e. The lowest BCUT2D eigenvalue weighted by Crippen LogP contribution is -2.38. The number of rotatable bonds is 7. The molecule has 0 aromatic heterocycles. The summed E-state index contributed by atoms with van der Waals surface area (Å²) in [6, 6.07) is 8.11. The van der Waals surface area contributed by atoms with Crippen LogP contribution in [0.4, 0.5) is 0 Å². The highest BCUT2D eigenvalue weighted by molar-refractivity contribution is 5.81. The van der Waals surface area contributed by atoms with Gasteiger partial charge in [-0.25, -0.2) is 0 Å². The first kappa shape index (κ1) is 16.6. The Morgan fingerprint density at radius 3 is 2.82 bits per heavy atom. The molecule has 0 radical (unpaired) electrons. The van der Waals surface area contributed by atoms with E-state index in [1.165, 1.54) is 0 Å². The molecule has 0 N–H and O–H groups in total. The van der Waals surface area contributed by atoms with Crippen LogP contribution < -0.4 is 4.74 Å². The van der Waals surface area contributed by atoms with Crippen molar-refractivity contribution in [1.82, 2.24) is 4.90 Å². The maximum atomic E-state index is 12.6. The van der Waals surface area contributed by atoms with Crippen LogP contribution in [-0.2, 0) is 9.53 Å². The molecular formula is C18H25NO3. The van der Waals surface area contributed by atoms with E-state index in [0.29, 0.717) is 6.61 Å². The van der Waals surface area contributed by atoms with Gasteiger partial charge in [-0.2, -0.15) is 0 Å². The Bertz CT molecular complexity index is 498. The summed E-state index contributed by atoms with van der Waals surface area (Å²) in [6.45, 7) is 6.82. The molecule has 1 aliphatic heterocycles. The highest BCUT2D eigenvalue weighted by atomic mass is 16.5. The van der Waals surface area contributed by atoms with Crippen molar-refractivity contribution in [2.75, 3.05) is 20.3 Å². The number of likely N-dealkylation sites (tertiary alicyclic amines) is 1. The first-order valence-corrected chi connectivity index (χ1v) is 7.84. The second-order valence-electron chi connectivity index (χ2n) is 5.55. The monoisotopic (exact) mass is 303 g/mol. The molecule has 0 spiro atoms. The van der Waals surface area contributed by atoms with E-state index in [1.54, 1.807) is 13.2 Å². The number of hydrogen-bond donors (Lipinski definition) is 0. The Hall–Kier alpha value is -1.81. The van der Waals surface area contributed by atoms with Crippen molar-refractivity contribution in [3.8, 4) is 5.75 Å². The Balaban J connectivity index is 2.02. The van der Waals surface area contributed by atoms with E-state index < -0.39 is 6.10 Å². The van der Waals surface area contributed by atoms with Gasteiger partial charge in [-0.3, -0.25) is 4.79 Å². The minimum absolute atomic E-state index is 0.0716. The van der Waals surface area contributed by atoms with E-state index in [4.69, 9.17) is 9.47 Å². The SMILES string of the molecule is C=CCCO[C@H](C)C(=O)N1CCC[C@@H]1c1ccc(OC)cc1. The molecule has 4 nitrogen and oxygen atoms in total. The van der Waals surface area contributed by atoms with Crippen molar-refractivity contribution < 1.29 is 14.3 Å². The van der Waals surface area contributed by atoms with Gasteiger partial charge in [-0.15, -0.1) is 6.58 Å². The molecule has 4 heteroatoms. The number of ether oxygens (including phenoxy) is 2. The number of carbonyl (C=O) groups is 1. The van der Waals surface area contributed by atoms with Gasteiger partial charge >= 0.3 is 0 Å². The molecule has 0 aliphatic carbocycles. The molecule has 22 heavy (non-hydrogen) atoms. The average molecular weight is 303 g/mol. The summed E-state index contributed by atoms with van der Waals surface area (Å²) in [4.78, 5) is 14.5. The number of benzene rings is 1. The van der Waals surface area contributed by atoms with Crippen LogP contribution in [0.5, 0.6) is 5.75 Å². The Kier molecular flexibility index (Phi) is 6.01. The average Bonchev–Trinajstić information content (AvgIpc) is 3.03. The number of hydrogen-bond acceptors (Lipinski definition) is 3. The molecule has 2 rings (SSSR count). The molecule has 1 saturated heterocycles. The molecule has 0 bridgehead atoms. The molecule has 1 fully saturated rings. The third-order valence-electron chi connectivity index (χ3n) is 4.07. The molecule has 0 unspecified atom stereocenters. The van der Waals surface area contributed by atoms with Gasteiger partial charge in [0.1, 0.15) is 11.9 Å². The molecular weight excluding hydrogens is 278 g/mol. The fourth-order valence-corrected chi connectivity index (χ4v) is 2.84. The second kappa shape index (κ2) is 7.99. The van der Waals surface area contributed by atoms with Crippen LogP contribution in [-0.4, -0.2) is 37.2 Å². The molecule has 1 amide bonds. The van der Waals surface area contributed by atoms with E-state index in [0.717, 1.165) is 37.1 Å². The summed E-state index contributed by atoms with van der Waals surface area (Å²) in [5.74, 6) is 0.906. The molecule has 2 atom stereocenters. The van der Waals surface area contributed by atoms with Gasteiger partial charge in [0.05, 0.1) is 19.8 Å². The maximum Gasteiger partial charge on any atom is 0.251 e. The van der Waals surface area contributed by atoms with Crippen molar-refractivity contribution in [3.05, 3.63) is 42.5 Å². The van der Waals surface area contributed by atoms with Crippen molar-refractivity contribution in [2.24, 2.45) is 0 Å². The fourth-order valence-electron chi connectivity index (χ4n) is 2.84. The fraction of sp³-hybridized carbons (Fsp3) is 0.500. The van der Waals surface area contributed by atoms with Gasteiger partial charge in [-0.05, 0) is 43.9 Å². The number of carbonyl (C=O) groups excluding carboxylic acids is 1. The largest absolute Gasteiger partial charge is 0.497 e. The minimum Gasteiger partial charge on any atom is -0.497 e. The minimum atomic E-state index is -0.404. The summed E-state index contributed by atoms with van der Waals surface area (Å²) in [5.41, 5.74) is 1.16. The summed E-state index contributed by atoms with van der Waals surface area (Å²) in [6.07, 6.45) is 4.19. The molecule has 1 aromatic rings. The van der Waals surface area contributed by atoms with Gasteiger partial charge in [0, 0.05) is 6.54 Å². The predicted molar refractivity (Wildman–Crippen MR) is 86.9 cm³/mol. The van der Waals surface area contributed by atoms with Crippen LogP contribution in [0, 0.1) is 0 Å². The second-order valence-corrected chi connectivity index (χ2v) is 5.55. The third kappa shape index (κ3) is 3.89. The van der Waals surface area contributed by atoms with Crippen molar-refractivity contribution >= 4 is 5.91 Å². The van der Waals surface area contributed by atoms with Gasteiger partial charge in [0.2, 0.25) is 0 Å². The van der Waals surface area contributed by atoms with Gasteiger partial charge < -0.3 is 14.4 Å². The van der Waals surface area contributed by atoms with Crippen LogP contribution in [0.3, 0.4) is 0 Å². The molecule has 0 saturated carbocycles. The predicted octanol–water partition coefficient (Wildman–Crippen LogP) is 3.34. The lowest BCUT2D eigenvalue weighted by atomic mass is 10.0. The van der Waals surface area contributed by atoms with Gasteiger partial charge in [-0.1, -0.05) is 18.2 Å². The molecule has 1 aromatic carbocycles. The number of nitrogens with zero attached hydrogens (tertiary/aromatic N) is 1. The van der Waals surface area contributed by atoms with E-state index in [-0.39, 0.29) is 11.9 Å². The van der Waals surface area contributed by atoms with Crippen molar-refractivity contribution in [1.29, 1.82) is 0 Å². The van der Waals surface area contributed by atoms with Crippen LogP contribution in [0.15, 0.2) is 36.9 Å². The van der Waals surface area contributed by atoms with E-state index in [9.17, 15) is 4.79 Å².